The molecule has 0 bridgehead atoms. The summed E-state index contributed by atoms with van der Waals surface area (Å²) in [5, 5.41) is 9.38. The van der Waals surface area contributed by atoms with Gasteiger partial charge in [0.1, 0.15) is 12.0 Å². The summed E-state index contributed by atoms with van der Waals surface area (Å²) >= 11 is 0. The summed E-state index contributed by atoms with van der Waals surface area (Å²) < 4.78 is 5.30. The lowest BCUT2D eigenvalue weighted by Gasteiger charge is -2.28. The van der Waals surface area contributed by atoms with Crippen LogP contribution in [0.15, 0.2) is 16.7 Å². The van der Waals surface area contributed by atoms with Gasteiger partial charge in [-0.15, -0.1) is 0 Å². The lowest BCUT2D eigenvalue weighted by molar-refractivity contribution is 0.0760. The monoisotopic (exact) mass is 239 g/mol. The highest BCUT2D eigenvalue weighted by atomic mass is 16.3. The molecule has 4 N–H and O–H groups in total. The minimum absolute atomic E-state index is 0.179. The van der Waals surface area contributed by atoms with Crippen molar-refractivity contribution in [2.75, 3.05) is 13.1 Å². The third-order valence-electron chi connectivity index (χ3n) is 2.98. The molecular formula is C11H17N3O3. The maximum atomic E-state index is 11.2. The van der Waals surface area contributed by atoms with Crippen LogP contribution < -0.4 is 11.3 Å². The number of aliphatic hydroxyl groups is 1. The zero-order valence-corrected chi connectivity index (χ0v) is 9.56. The Bertz CT molecular complexity index is 383. The van der Waals surface area contributed by atoms with Crippen LogP contribution in [0.2, 0.25) is 0 Å². The molecule has 1 fully saturated rings. The smallest absolute Gasteiger partial charge is 0.268 e. The number of furan rings is 1. The van der Waals surface area contributed by atoms with Crippen LogP contribution in [-0.2, 0) is 6.54 Å². The molecule has 0 aliphatic carbocycles. The number of hydrogen-bond acceptors (Lipinski definition) is 5. The molecule has 6 nitrogen and oxygen atoms in total. The van der Waals surface area contributed by atoms with Crippen molar-refractivity contribution >= 4 is 5.91 Å². The van der Waals surface area contributed by atoms with Gasteiger partial charge in [0, 0.05) is 13.1 Å². The number of amides is 1. The SMILES string of the molecule is NNC(=O)c1coc(CN2CCC(O)CC2)c1. The molecule has 0 saturated carbocycles. The highest BCUT2D eigenvalue weighted by Gasteiger charge is 2.18. The minimum Gasteiger partial charge on any atom is -0.467 e. The Morgan fingerprint density at radius 2 is 2.29 bits per heavy atom. The van der Waals surface area contributed by atoms with Crippen molar-refractivity contribution in [2.24, 2.45) is 5.84 Å². The van der Waals surface area contributed by atoms with E-state index in [9.17, 15) is 9.90 Å². The van der Waals surface area contributed by atoms with Crippen molar-refractivity contribution in [3.63, 3.8) is 0 Å². The van der Waals surface area contributed by atoms with Crippen LogP contribution >= 0.6 is 0 Å². The molecule has 0 radical (unpaired) electrons. The molecule has 2 rings (SSSR count). The predicted molar refractivity (Wildman–Crippen MR) is 60.9 cm³/mol. The fraction of sp³-hybridized carbons (Fsp3) is 0.545. The number of carbonyl (C=O) groups is 1. The van der Waals surface area contributed by atoms with Crippen LogP contribution in [-0.4, -0.2) is 35.1 Å². The van der Waals surface area contributed by atoms with E-state index in [4.69, 9.17) is 10.3 Å². The van der Waals surface area contributed by atoms with Gasteiger partial charge >= 0.3 is 0 Å². The van der Waals surface area contributed by atoms with Gasteiger partial charge in [0.25, 0.3) is 5.91 Å². The molecule has 1 aromatic rings. The summed E-state index contributed by atoms with van der Waals surface area (Å²) in [5.74, 6) is 5.42. The van der Waals surface area contributed by atoms with Gasteiger partial charge in [-0.05, 0) is 18.9 Å². The van der Waals surface area contributed by atoms with Gasteiger partial charge < -0.3 is 9.52 Å². The Kier molecular flexibility index (Phi) is 3.78. The van der Waals surface area contributed by atoms with Gasteiger partial charge in [-0.2, -0.15) is 0 Å². The number of rotatable bonds is 3. The molecular weight excluding hydrogens is 222 g/mol. The number of carbonyl (C=O) groups excluding carboxylic acids is 1. The standard InChI is InChI=1S/C11H17N3O3/c12-13-11(16)8-5-10(17-7-8)6-14-3-1-9(15)2-4-14/h5,7,9,15H,1-4,6,12H2,(H,13,16). The molecule has 1 aliphatic rings. The number of likely N-dealkylation sites (tertiary alicyclic amines) is 1. The van der Waals surface area contributed by atoms with Gasteiger partial charge in [-0.25, -0.2) is 5.84 Å². The Labute approximate surface area is 99.3 Å². The first-order chi connectivity index (χ1) is 8.19. The first-order valence-corrected chi connectivity index (χ1v) is 5.68. The summed E-state index contributed by atoms with van der Waals surface area (Å²) in [6.45, 7) is 2.35. The molecule has 0 spiro atoms. The van der Waals surface area contributed by atoms with E-state index >= 15 is 0 Å². The summed E-state index contributed by atoms with van der Waals surface area (Å²) in [5.41, 5.74) is 2.49. The van der Waals surface area contributed by atoms with E-state index in [0.717, 1.165) is 31.7 Å². The zero-order valence-electron chi connectivity index (χ0n) is 9.56. The van der Waals surface area contributed by atoms with Gasteiger partial charge in [0.05, 0.1) is 18.2 Å². The molecule has 17 heavy (non-hydrogen) atoms. The maximum Gasteiger partial charge on any atom is 0.268 e. The van der Waals surface area contributed by atoms with Crippen LogP contribution in [0.25, 0.3) is 0 Å². The lowest BCUT2D eigenvalue weighted by atomic mass is 10.1. The molecule has 0 atom stereocenters. The van der Waals surface area contributed by atoms with E-state index in [2.05, 4.69) is 10.3 Å². The molecule has 94 valence electrons. The highest BCUT2D eigenvalue weighted by Crippen LogP contribution is 2.15. The van der Waals surface area contributed by atoms with E-state index in [1.165, 1.54) is 6.26 Å². The molecule has 1 saturated heterocycles. The van der Waals surface area contributed by atoms with E-state index in [0.29, 0.717) is 12.1 Å². The topological polar surface area (TPSA) is 91.7 Å². The van der Waals surface area contributed by atoms with Crippen LogP contribution in [0, 0.1) is 0 Å². The Hall–Kier alpha value is -1.37. The molecule has 1 aliphatic heterocycles. The molecule has 1 aromatic heterocycles. The number of hydrogen-bond donors (Lipinski definition) is 3. The van der Waals surface area contributed by atoms with Gasteiger partial charge in [0.2, 0.25) is 0 Å². The number of nitrogen functional groups attached to an aromatic ring is 1. The van der Waals surface area contributed by atoms with Crippen LogP contribution in [0.4, 0.5) is 0 Å². The highest BCUT2D eigenvalue weighted by molar-refractivity contribution is 5.93. The normalized spacial score (nSPS) is 18.2. The number of hydrazine groups is 1. The van der Waals surface area contributed by atoms with Crippen LogP contribution in [0.1, 0.15) is 29.0 Å². The van der Waals surface area contributed by atoms with E-state index < -0.39 is 0 Å². The minimum atomic E-state index is -0.353. The average Bonchev–Trinajstić information content (AvgIpc) is 2.80. The zero-order chi connectivity index (χ0) is 12.3. The predicted octanol–water partition coefficient (Wildman–Crippen LogP) is -0.160. The van der Waals surface area contributed by atoms with E-state index in [-0.39, 0.29) is 12.0 Å². The Morgan fingerprint density at radius 3 is 2.94 bits per heavy atom. The largest absolute Gasteiger partial charge is 0.467 e. The first kappa shape index (κ1) is 12.1. The fourth-order valence-corrected chi connectivity index (χ4v) is 1.96. The number of aliphatic hydroxyl groups excluding tert-OH is 1. The number of piperidine rings is 1. The van der Waals surface area contributed by atoms with E-state index in [1.807, 2.05) is 0 Å². The second kappa shape index (κ2) is 5.31. The Balaban J connectivity index is 1.90. The third-order valence-corrected chi connectivity index (χ3v) is 2.98. The van der Waals surface area contributed by atoms with Crippen molar-refractivity contribution in [3.8, 4) is 0 Å². The summed E-state index contributed by atoms with van der Waals surface area (Å²) in [7, 11) is 0. The van der Waals surface area contributed by atoms with Crippen LogP contribution in [0.3, 0.4) is 0 Å². The van der Waals surface area contributed by atoms with Gasteiger partial charge in [0.15, 0.2) is 0 Å². The van der Waals surface area contributed by atoms with Gasteiger partial charge in [-0.1, -0.05) is 0 Å². The van der Waals surface area contributed by atoms with Crippen molar-refractivity contribution in [1.29, 1.82) is 0 Å². The molecule has 0 aromatic carbocycles. The maximum absolute atomic E-state index is 11.2. The molecule has 2 heterocycles. The lowest BCUT2D eigenvalue weighted by Crippen LogP contribution is -2.35. The average molecular weight is 239 g/mol. The Morgan fingerprint density at radius 1 is 1.59 bits per heavy atom. The van der Waals surface area contributed by atoms with E-state index in [1.54, 1.807) is 6.07 Å². The summed E-state index contributed by atoms with van der Waals surface area (Å²) in [4.78, 5) is 13.4. The number of nitrogens with one attached hydrogen (secondary N) is 1. The van der Waals surface area contributed by atoms with Crippen molar-refractivity contribution in [3.05, 3.63) is 23.7 Å². The van der Waals surface area contributed by atoms with Crippen molar-refractivity contribution in [1.82, 2.24) is 10.3 Å². The van der Waals surface area contributed by atoms with Crippen LogP contribution in [0.5, 0.6) is 0 Å². The number of nitrogens with zero attached hydrogens (tertiary/aromatic N) is 1. The molecule has 1 amide bonds. The summed E-state index contributed by atoms with van der Waals surface area (Å²) in [6, 6.07) is 1.69. The van der Waals surface area contributed by atoms with Gasteiger partial charge in [-0.3, -0.25) is 15.1 Å². The van der Waals surface area contributed by atoms with Crippen molar-refractivity contribution < 1.29 is 14.3 Å². The van der Waals surface area contributed by atoms with Crippen molar-refractivity contribution in [2.45, 2.75) is 25.5 Å². The first-order valence-electron chi connectivity index (χ1n) is 5.68. The summed E-state index contributed by atoms with van der Waals surface area (Å²) in [6.07, 6.45) is 2.80. The second-order valence-electron chi connectivity index (χ2n) is 4.28. The number of nitrogens with two attached hydrogens (primary N) is 1. The third kappa shape index (κ3) is 3.06. The molecule has 6 heteroatoms. The molecule has 0 unspecified atom stereocenters. The fourth-order valence-electron chi connectivity index (χ4n) is 1.96. The quantitative estimate of drug-likeness (QED) is 0.387. The second-order valence-corrected chi connectivity index (χ2v) is 4.28.